The summed E-state index contributed by atoms with van der Waals surface area (Å²) < 4.78 is 12.3. The number of carbonyl (C=O) groups excluding carboxylic acids is 1. The zero-order chi connectivity index (χ0) is 16.5. The van der Waals surface area contributed by atoms with Gasteiger partial charge in [-0.1, -0.05) is 43.7 Å². The van der Waals surface area contributed by atoms with Crippen LogP contribution in [-0.2, 0) is 16.6 Å². The minimum atomic E-state index is -1.09. The van der Waals surface area contributed by atoms with Crippen LogP contribution >= 0.6 is 0 Å². The van der Waals surface area contributed by atoms with Gasteiger partial charge in [0, 0.05) is 17.1 Å². The number of hydrogen-bond acceptors (Lipinski definition) is 2. The molecular formula is C18H22N2O2S. The lowest BCUT2D eigenvalue weighted by molar-refractivity contribution is 0.252. The summed E-state index contributed by atoms with van der Waals surface area (Å²) in [7, 11) is -1.09. The predicted octanol–water partition coefficient (Wildman–Crippen LogP) is 3.92. The minimum Gasteiger partial charge on any atom is -0.338 e. The molecular weight excluding hydrogens is 308 g/mol. The molecule has 23 heavy (non-hydrogen) atoms. The molecule has 0 saturated carbocycles. The summed E-state index contributed by atoms with van der Waals surface area (Å²) in [6.45, 7) is 2.75. The van der Waals surface area contributed by atoms with Crippen molar-refractivity contribution in [1.82, 2.24) is 5.32 Å². The van der Waals surface area contributed by atoms with Crippen LogP contribution in [0.5, 0.6) is 0 Å². The van der Waals surface area contributed by atoms with Crippen molar-refractivity contribution in [2.45, 2.75) is 30.4 Å². The lowest BCUT2D eigenvalue weighted by atomic mass is 10.2. The third kappa shape index (κ3) is 5.87. The monoisotopic (exact) mass is 330 g/mol. The number of anilines is 1. The first-order valence-electron chi connectivity index (χ1n) is 7.76. The summed E-state index contributed by atoms with van der Waals surface area (Å²) in [5.41, 5.74) is 1.64. The number of urea groups is 1. The maximum absolute atomic E-state index is 12.3. The van der Waals surface area contributed by atoms with Gasteiger partial charge in [0.2, 0.25) is 0 Å². The fourth-order valence-electron chi connectivity index (χ4n) is 2.10. The number of rotatable bonds is 7. The van der Waals surface area contributed by atoms with Crippen LogP contribution in [0.2, 0.25) is 0 Å². The minimum absolute atomic E-state index is 0.209. The highest BCUT2D eigenvalue weighted by molar-refractivity contribution is 7.84. The topological polar surface area (TPSA) is 58.2 Å². The molecule has 0 heterocycles. The molecule has 0 unspecified atom stereocenters. The summed E-state index contributed by atoms with van der Waals surface area (Å²) in [6.07, 6.45) is 2.00. The molecule has 0 aliphatic heterocycles. The lowest BCUT2D eigenvalue weighted by Crippen LogP contribution is -2.29. The quantitative estimate of drug-likeness (QED) is 0.756. The van der Waals surface area contributed by atoms with Crippen molar-refractivity contribution in [3.63, 3.8) is 0 Å². The van der Waals surface area contributed by atoms with Gasteiger partial charge in [-0.3, -0.25) is 4.21 Å². The summed E-state index contributed by atoms with van der Waals surface area (Å²) >= 11 is 0. The van der Waals surface area contributed by atoms with E-state index >= 15 is 0 Å². The molecule has 2 rings (SSSR count). The lowest BCUT2D eigenvalue weighted by Gasteiger charge is -2.09. The number of benzene rings is 2. The fourth-order valence-corrected chi connectivity index (χ4v) is 3.21. The van der Waals surface area contributed by atoms with Crippen molar-refractivity contribution in [2.24, 2.45) is 0 Å². The summed E-state index contributed by atoms with van der Waals surface area (Å²) in [6, 6.07) is 16.6. The second kappa shape index (κ2) is 9.10. The van der Waals surface area contributed by atoms with Crippen molar-refractivity contribution < 1.29 is 9.00 Å². The van der Waals surface area contributed by atoms with Crippen molar-refractivity contribution in [3.8, 4) is 0 Å². The molecule has 2 amide bonds. The molecule has 0 aliphatic carbocycles. The summed E-state index contributed by atoms with van der Waals surface area (Å²) in [4.78, 5) is 12.6. The zero-order valence-electron chi connectivity index (χ0n) is 13.2. The van der Waals surface area contributed by atoms with Gasteiger partial charge in [-0.05, 0) is 36.2 Å². The Morgan fingerprint density at radius 1 is 1.09 bits per heavy atom. The Bertz CT molecular complexity index is 659. The van der Waals surface area contributed by atoms with E-state index in [1.165, 1.54) is 0 Å². The van der Waals surface area contributed by atoms with Crippen molar-refractivity contribution in [2.75, 3.05) is 11.9 Å². The van der Waals surface area contributed by atoms with E-state index in [9.17, 15) is 9.00 Å². The number of carbonyl (C=O) groups is 1. The number of hydrogen-bond donors (Lipinski definition) is 2. The average Bonchev–Trinajstić information content (AvgIpc) is 2.56. The Morgan fingerprint density at radius 2 is 1.87 bits per heavy atom. The van der Waals surface area contributed by atoms with Gasteiger partial charge in [-0.25, -0.2) is 4.79 Å². The zero-order valence-corrected chi connectivity index (χ0v) is 14.1. The van der Waals surface area contributed by atoms with Gasteiger partial charge in [0.25, 0.3) is 0 Å². The largest absolute Gasteiger partial charge is 0.338 e. The molecule has 2 aromatic rings. The van der Waals surface area contributed by atoms with Crippen LogP contribution in [-0.4, -0.2) is 16.8 Å². The van der Waals surface area contributed by atoms with E-state index in [-0.39, 0.29) is 6.03 Å². The van der Waals surface area contributed by atoms with Crippen LogP contribution in [0, 0.1) is 0 Å². The summed E-state index contributed by atoms with van der Waals surface area (Å²) in [5.74, 6) is 0.428. The molecule has 2 aromatic carbocycles. The second-order valence-electron chi connectivity index (χ2n) is 5.24. The van der Waals surface area contributed by atoms with Crippen LogP contribution in [0.25, 0.3) is 0 Å². The van der Waals surface area contributed by atoms with Gasteiger partial charge in [0.1, 0.15) is 0 Å². The van der Waals surface area contributed by atoms with E-state index < -0.39 is 10.8 Å². The van der Waals surface area contributed by atoms with Gasteiger partial charge in [-0.15, -0.1) is 0 Å². The molecule has 0 saturated heterocycles. The fraction of sp³-hybridized carbons (Fsp3) is 0.278. The average molecular weight is 330 g/mol. The number of amides is 2. The number of unbranched alkanes of at least 4 members (excludes halogenated alkanes) is 1. The molecule has 5 heteroatoms. The highest BCUT2D eigenvalue weighted by Gasteiger charge is 2.06. The molecule has 0 fully saturated rings. The van der Waals surface area contributed by atoms with Crippen LogP contribution in [0.4, 0.5) is 10.5 Å². The Morgan fingerprint density at radius 3 is 2.61 bits per heavy atom. The predicted molar refractivity (Wildman–Crippen MR) is 94.9 cm³/mol. The smallest absolute Gasteiger partial charge is 0.319 e. The van der Waals surface area contributed by atoms with Crippen molar-refractivity contribution >= 4 is 22.5 Å². The van der Waals surface area contributed by atoms with Crippen LogP contribution in [0.3, 0.4) is 0 Å². The standard InChI is InChI=1S/C18H22N2O2S/c1-2-3-12-19-18(21)20-16-9-7-8-15(13-16)14-23(22)17-10-5-4-6-11-17/h4-11,13H,2-3,12,14H2,1H3,(H2,19,20,21)/t23-/m0/s1. The van der Waals surface area contributed by atoms with Gasteiger partial charge < -0.3 is 10.6 Å². The van der Waals surface area contributed by atoms with Gasteiger partial charge in [0.05, 0.1) is 16.6 Å². The highest BCUT2D eigenvalue weighted by Crippen LogP contribution is 2.16. The molecule has 0 radical (unpaired) electrons. The number of nitrogens with one attached hydrogen (secondary N) is 2. The molecule has 0 bridgehead atoms. The maximum atomic E-state index is 12.3. The van der Waals surface area contributed by atoms with E-state index in [1.54, 1.807) is 0 Å². The Balaban J connectivity index is 1.94. The first-order valence-corrected chi connectivity index (χ1v) is 9.08. The summed E-state index contributed by atoms with van der Waals surface area (Å²) in [5, 5.41) is 5.61. The van der Waals surface area contributed by atoms with Crippen LogP contribution < -0.4 is 10.6 Å². The SMILES string of the molecule is CCCCNC(=O)Nc1cccc(C[S@](=O)c2ccccc2)c1. The third-order valence-corrected chi connectivity index (χ3v) is 4.70. The van der Waals surface area contributed by atoms with E-state index in [0.29, 0.717) is 18.0 Å². The van der Waals surface area contributed by atoms with E-state index in [0.717, 1.165) is 23.3 Å². The molecule has 2 N–H and O–H groups in total. The first kappa shape index (κ1) is 17.2. The Kier molecular flexibility index (Phi) is 6.81. The Labute approximate surface area is 139 Å². The third-order valence-electron chi connectivity index (χ3n) is 3.30. The molecule has 0 spiro atoms. The molecule has 0 aliphatic rings. The normalized spacial score (nSPS) is 11.7. The maximum Gasteiger partial charge on any atom is 0.319 e. The molecule has 4 nitrogen and oxygen atoms in total. The van der Waals surface area contributed by atoms with Crippen LogP contribution in [0.1, 0.15) is 25.3 Å². The molecule has 122 valence electrons. The van der Waals surface area contributed by atoms with E-state index in [4.69, 9.17) is 0 Å². The van der Waals surface area contributed by atoms with Gasteiger partial charge >= 0.3 is 6.03 Å². The second-order valence-corrected chi connectivity index (χ2v) is 6.69. The van der Waals surface area contributed by atoms with Gasteiger partial charge in [0.15, 0.2) is 0 Å². The van der Waals surface area contributed by atoms with Crippen molar-refractivity contribution in [1.29, 1.82) is 0 Å². The molecule has 1 atom stereocenters. The van der Waals surface area contributed by atoms with Crippen molar-refractivity contribution in [3.05, 3.63) is 60.2 Å². The van der Waals surface area contributed by atoms with Gasteiger partial charge in [-0.2, -0.15) is 0 Å². The van der Waals surface area contributed by atoms with Crippen LogP contribution in [0.15, 0.2) is 59.5 Å². The first-order chi connectivity index (χ1) is 11.2. The highest BCUT2D eigenvalue weighted by atomic mass is 32.2. The van der Waals surface area contributed by atoms with E-state index in [2.05, 4.69) is 17.6 Å². The van der Waals surface area contributed by atoms with E-state index in [1.807, 2.05) is 54.6 Å². The molecule has 0 aromatic heterocycles. The Hall–Kier alpha value is -2.14.